The lowest BCUT2D eigenvalue weighted by molar-refractivity contribution is 0.0755. The number of nitrogens with two attached hydrogens (primary N) is 1. The summed E-state index contributed by atoms with van der Waals surface area (Å²) in [6.45, 7) is 2.11. The fourth-order valence-electron chi connectivity index (χ4n) is 2.78. The monoisotopic (exact) mass is 264 g/mol. The van der Waals surface area contributed by atoms with Crippen LogP contribution in [0.4, 0.5) is 0 Å². The van der Waals surface area contributed by atoms with E-state index in [0.29, 0.717) is 24.7 Å². The molecule has 1 aliphatic carbocycles. The Kier molecular flexibility index (Phi) is 4.96. The maximum Gasteiger partial charge on any atom is 0.273 e. The molecule has 2 rings (SSSR count). The number of nitrogens with zero attached hydrogens (tertiary/aromatic N) is 3. The second-order valence-corrected chi connectivity index (χ2v) is 5.48. The standard InChI is InChI=1S/C14H24N4O/c1-17(9-12-5-3-2-4-6-12)14(19)13-10-18(8-7-15)11-16-13/h10-12H,2-9,15H2,1H3. The van der Waals surface area contributed by atoms with Gasteiger partial charge in [-0.05, 0) is 18.8 Å². The number of aromatic nitrogens is 2. The van der Waals surface area contributed by atoms with E-state index in [0.717, 1.165) is 6.54 Å². The smallest absolute Gasteiger partial charge is 0.273 e. The molecule has 0 saturated heterocycles. The largest absolute Gasteiger partial charge is 0.340 e. The molecule has 1 fully saturated rings. The van der Waals surface area contributed by atoms with Gasteiger partial charge in [0, 0.05) is 32.9 Å². The number of carbonyl (C=O) groups is 1. The van der Waals surface area contributed by atoms with Gasteiger partial charge in [0.25, 0.3) is 5.91 Å². The van der Waals surface area contributed by atoms with E-state index in [-0.39, 0.29) is 5.91 Å². The molecule has 1 aromatic rings. The molecule has 0 atom stereocenters. The molecule has 0 spiro atoms. The first-order chi connectivity index (χ1) is 9.20. The summed E-state index contributed by atoms with van der Waals surface area (Å²) >= 11 is 0. The molecular weight excluding hydrogens is 240 g/mol. The first kappa shape index (κ1) is 14.1. The van der Waals surface area contributed by atoms with E-state index in [9.17, 15) is 4.79 Å². The molecule has 1 aromatic heterocycles. The lowest BCUT2D eigenvalue weighted by atomic mass is 9.89. The van der Waals surface area contributed by atoms with Crippen LogP contribution in [0.25, 0.3) is 0 Å². The van der Waals surface area contributed by atoms with Gasteiger partial charge in [-0.25, -0.2) is 4.98 Å². The topological polar surface area (TPSA) is 64.2 Å². The van der Waals surface area contributed by atoms with Crippen LogP contribution in [0.1, 0.15) is 42.6 Å². The molecule has 1 saturated carbocycles. The number of imidazole rings is 1. The number of amides is 1. The molecule has 1 heterocycles. The van der Waals surface area contributed by atoms with E-state index in [1.807, 2.05) is 16.5 Å². The zero-order valence-corrected chi connectivity index (χ0v) is 11.7. The summed E-state index contributed by atoms with van der Waals surface area (Å²) in [5, 5.41) is 0. The van der Waals surface area contributed by atoms with Gasteiger partial charge in [-0.1, -0.05) is 19.3 Å². The molecule has 0 unspecified atom stereocenters. The third-order valence-electron chi connectivity index (χ3n) is 3.84. The van der Waals surface area contributed by atoms with Crippen LogP contribution in [0.5, 0.6) is 0 Å². The second-order valence-electron chi connectivity index (χ2n) is 5.48. The van der Waals surface area contributed by atoms with Gasteiger partial charge in [-0.2, -0.15) is 0 Å². The quantitative estimate of drug-likeness (QED) is 0.876. The molecule has 0 bridgehead atoms. The van der Waals surface area contributed by atoms with E-state index < -0.39 is 0 Å². The van der Waals surface area contributed by atoms with E-state index in [2.05, 4.69) is 4.98 Å². The van der Waals surface area contributed by atoms with Crippen LogP contribution in [0, 0.1) is 5.92 Å². The summed E-state index contributed by atoms with van der Waals surface area (Å²) in [6, 6.07) is 0. The van der Waals surface area contributed by atoms with Gasteiger partial charge in [0.15, 0.2) is 0 Å². The summed E-state index contributed by atoms with van der Waals surface area (Å²) in [7, 11) is 1.87. The average molecular weight is 264 g/mol. The molecule has 19 heavy (non-hydrogen) atoms. The Labute approximate surface area is 114 Å². The number of carbonyl (C=O) groups excluding carboxylic acids is 1. The van der Waals surface area contributed by atoms with Gasteiger partial charge in [0.2, 0.25) is 0 Å². The fraction of sp³-hybridized carbons (Fsp3) is 0.714. The van der Waals surface area contributed by atoms with E-state index in [1.165, 1.54) is 32.1 Å². The van der Waals surface area contributed by atoms with Crippen molar-refractivity contribution in [2.45, 2.75) is 38.6 Å². The molecule has 106 valence electrons. The Balaban J connectivity index is 1.89. The van der Waals surface area contributed by atoms with Crippen LogP contribution < -0.4 is 5.73 Å². The molecule has 5 nitrogen and oxygen atoms in total. The molecular formula is C14H24N4O. The van der Waals surface area contributed by atoms with Crippen LogP contribution in [-0.4, -0.2) is 40.5 Å². The molecule has 0 radical (unpaired) electrons. The van der Waals surface area contributed by atoms with Gasteiger partial charge in [0.1, 0.15) is 5.69 Å². The molecule has 5 heteroatoms. The van der Waals surface area contributed by atoms with E-state index in [1.54, 1.807) is 12.5 Å². The van der Waals surface area contributed by atoms with Crippen molar-refractivity contribution in [3.8, 4) is 0 Å². The number of rotatable bonds is 5. The Morgan fingerprint density at radius 2 is 2.21 bits per heavy atom. The third-order valence-corrected chi connectivity index (χ3v) is 3.84. The summed E-state index contributed by atoms with van der Waals surface area (Å²) in [5.41, 5.74) is 6.01. The van der Waals surface area contributed by atoms with E-state index >= 15 is 0 Å². The SMILES string of the molecule is CN(CC1CCCCC1)C(=O)c1cn(CCN)cn1. The average Bonchev–Trinajstić information content (AvgIpc) is 2.88. The van der Waals surface area contributed by atoms with Crippen LogP contribution in [-0.2, 0) is 6.54 Å². The zero-order valence-electron chi connectivity index (χ0n) is 11.7. The Bertz CT molecular complexity index is 409. The highest BCUT2D eigenvalue weighted by Gasteiger charge is 2.20. The lowest BCUT2D eigenvalue weighted by Gasteiger charge is -2.26. The Hall–Kier alpha value is -1.36. The van der Waals surface area contributed by atoms with Gasteiger partial charge in [-0.3, -0.25) is 4.79 Å². The predicted molar refractivity (Wildman–Crippen MR) is 74.8 cm³/mol. The predicted octanol–water partition coefficient (Wildman–Crippen LogP) is 1.49. The van der Waals surface area contributed by atoms with Crippen LogP contribution in [0.3, 0.4) is 0 Å². The second kappa shape index (κ2) is 6.70. The molecule has 2 N–H and O–H groups in total. The highest BCUT2D eigenvalue weighted by molar-refractivity contribution is 5.91. The molecule has 1 aliphatic rings. The van der Waals surface area contributed by atoms with Crippen molar-refractivity contribution in [3.05, 3.63) is 18.2 Å². The third kappa shape index (κ3) is 3.80. The minimum Gasteiger partial charge on any atom is -0.340 e. The van der Waals surface area contributed by atoms with Crippen molar-refractivity contribution in [1.29, 1.82) is 0 Å². The van der Waals surface area contributed by atoms with E-state index in [4.69, 9.17) is 5.73 Å². The van der Waals surface area contributed by atoms with Crippen molar-refractivity contribution in [3.63, 3.8) is 0 Å². The summed E-state index contributed by atoms with van der Waals surface area (Å²) in [6.07, 6.45) is 9.91. The molecule has 1 amide bonds. The first-order valence-corrected chi connectivity index (χ1v) is 7.18. The lowest BCUT2D eigenvalue weighted by Crippen LogP contribution is -2.32. The van der Waals surface area contributed by atoms with Crippen LogP contribution in [0.2, 0.25) is 0 Å². The van der Waals surface area contributed by atoms with Gasteiger partial charge in [-0.15, -0.1) is 0 Å². The minimum atomic E-state index is 0.0151. The maximum atomic E-state index is 12.3. The molecule has 0 aromatic carbocycles. The Morgan fingerprint density at radius 1 is 1.47 bits per heavy atom. The zero-order chi connectivity index (χ0) is 13.7. The van der Waals surface area contributed by atoms with Crippen molar-refractivity contribution in [2.24, 2.45) is 11.7 Å². The van der Waals surface area contributed by atoms with Crippen molar-refractivity contribution < 1.29 is 4.79 Å². The van der Waals surface area contributed by atoms with Gasteiger partial charge in [0.05, 0.1) is 6.33 Å². The molecule has 0 aliphatic heterocycles. The highest BCUT2D eigenvalue weighted by Crippen LogP contribution is 2.24. The normalized spacial score (nSPS) is 16.5. The van der Waals surface area contributed by atoms with Crippen molar-refractivity contribution in [2.75, 3.05) is 20.1 Å². The number of hydrogen-bond donors (Lipinski definition) is 1. The maximum absolute atomic E-state index is 12.3. The minimum absolute atomic E-state index is 0.0151. The van der Waals surface area contributed by atoms with Gasteiger partial charge < -0.3 is 15.2 Å². The van der Waals surface area contributed by atoms with Crippen LogP contribution >= 0.6 is 0 Å². The Morgan fingerprint density at radius 3 is 2.89 bits per heavy atom. The van der Waals surface area contributed by atoms with Gasteiger partial charge >= 0.3 is 0 Å². The number of hydrogen-bond acceptors (Lipinski definition) is 3. The summed E-state index contributed by atoms with van der Waals surface area (Å²) in [4.78, 5) is 18.2. The van der Waals surface area contributed by atoms with Crippen molar-refractivity contribution >= 4 is 5.91 Å². The summed E-state index contributed by atoms with van der Waals surface area (Å²) in [5.74, 6) is 0.676. The van der Waals surface area contributed by atoms with Crippen molar-refractivity contribution in [1.82, 2.24) is 14.5 Å². The first-order valence-electron chi connectivity index (χ1n) is 7.18. The van der Waals surface area contributed by atoms with Crippen LogP contribution in [0.15, 0.2) is 12.5 Å². The fourth-order valence-corrected chi connectivity index (χ4v) is 2.78. The summed E-state index contributed by atoms with van der Waals surface area (Å²) < 4.78 is 1.86. The highest BCUT2D eigenvalue weighted by atomic mass is 16.2.